The third-order valence-electron chi connectivity index (χ3n) is 4.01. The number of hydrogen-bond donors (Lipinski definition) is 1. The molecule has 1 aromatic carbocycles. The zero-order valence-electron chi connectivity index (χ0n) is 8.09. The highest BCUT2D eigenvalue weighted by Crippen LogP contribution is 2.73. The molecule has 1 nitrogen and oxygen atoms in total. The summed E-state index contributed by atoms with van der Waals surface area (Å²) < 4.78 is 13.0. The topological polar surface area (TPSA) is 26.0 Å². The SMILES string of the molecule is NCC12CC(c3cccc(F)c3)(C1)C2. The molecule has 0 amide bonds. The van der Waals surface area contributed by atoms with Gasteiger partial charge in [-0.25, -0.2) is 4.39 Å². The van der Waals surface area contributed by atoms with Gasteiger partial charge in [0.25, 0.3) is 0 Å². The lowest BCUT2D eigenvalue weighted by molar-refractivity contribution is -0.132. The Kier molecular flexibility index (Phi) is 1.43. The van der Waals surface area contributed by atoms with Gasteiger partial charge in [-0.3, -0.25) is 0 Å². The maximum Gasteiger partial charge on any atom is 0.123 e. The van der Waals surface area contributed by atoms with E-state index in [0.717, 1.165) is 6.54 Å². The molecule has 3 aliphatic rings. The van der Waals surface area contributed by atoms with Crippen LogP contribution in [0, 0.1) is 11.2 Å². The van der Waals surface area contributed by atoms with Gasteiger partial charge in [0.2, 0.25) is 0 Å². The van der Waals surface area contributed by atoms with E-state index in [4.69, 9.17) is 5.73 Å². The standard InChI is InChI=1S/C12H14FN/c13-10-3-1-2-9(4-10)12-5-11(6-12,7-12)8-14/h1-4H,5-8,14H2. The van der Waals surface area contributed by atoms with Crippen LogP contribution < -0.4 is 5.73 Å². The van der Waals surface area contributed by atoms with Crippen molar-refractivity contribution in [1.82, 2.24) is 0 Å². The first-order valence-corrected chi connectivity index (χ1v) is 5.14. The van der Waals surface area contributed by atoms with Gasteiger partial charge >= 0.3 is 0 Å². The average Bonchev–Trinajstić information content (AvgIpc) is 2.00. The van der Waals surface area contributed by atoms with Gasteiger partial charge in [-0.1, -0.05) is 12.1 Å². The summed E-state index contributed by atoms with van der Waals surface area (Å²) in [5.41, 5.74) is 7.59. The van der Waals surface area contributed by atoms with Crippen molar-refractivity contribution in [2.45, 2.75) is 24.7 Å². The lowest BCUT2D eigenvalue weighted by atomic mass is 9.33. The molecular weight excluding hydrogens is 177 g/mol. The Labute approximate surface area is 83.1 Å². The predicted molar refractivity (Wildman–Crippen MR) is 53.4 cm³/mol. The molecule has 14 heavy (non-hydrogen) atoms. The van der Waals surface area contributed by atoms with Crippen LogP contribution in [0.1, 0.15) is 24.8 Å². The molecule has 0 heterocycles. The van der Waals surface area contributed by atoms with E-state index in [0.29, 0.717) is 10.8 Å². The second-order valence-electron chi connectivity index (χ2n) is 5.03. The Morgan fingerprint density at radius 2 is 2.00 bits per heavy atom. The van der Waals surface area contributed by atoms with Crippen LogP contribution in [-0.2, 0) is 5.41 Å². The molecule has 3 fully saturated rings. The van der Waals surface area contributed by atoms with Crippen LogP contribution >= 0.6 is 0 Å². The minimum atomic E-state index is -0.117. The summed E-state index contributed by atoms with van der Waals surface area (Å²) in [5, 5.41) is 0. The van der Waals surface area contributed by atoms with Crippen molar-refractivity contribution in [2.75, 3.05) is 6.54 Å². The molecule has 0 unspecified atom stereocenters. The summed E-state index contributed by atoms with van der Waals surface area (Å²) in [5.74, 6) is -0.117. The molecule has 0 saturated heterocycles. The highest BCUT2D eigenvalue weighted by Gasteiger charge is 2.67. The van der Waals surface area contributed by atoms with Gasteiger partial charge in [0.05, 0.1) is 0 Å². The van der Waals surface area contributed by atoms with Gasteiger partial charge in [-0.05, 0) is 54.3 Å². The minimum absolute atomic E-state index is 0.117. The summed E-state index contributed by atoms with van der Waals surface area (Å²) in [6.07, 6.45) is 3.50. The van der Waals surface area contributed by atoms with Crippen LogP contribution in [0.5, 0.6) is 0 Å². The Balaban J connectivity index is 1.87. The third-order valence-corrected chi connectivity index (χ3v) is 4.01. The smallest absolute Gasteiger partial charge is 0.123 e. The first-order valence-electron chi connectivity index (χ1n) is 5.14. The maximum absolute atomic E-state index is 13.0. The Morgan fingerprint density at radius 3 is 2.57 bits per heavy atom. The third kappa shape index (κ3) is 0.871. The van der Waals surface area contributed by atoms with Crippen molar-refractivity contribution in [2.24, 2.45) is 11.1 Å². The molecule has 0 atom stereocenters. The Bertz CT molecular complexity index is 366. The summed E-state index contributed by atoms with van der Waals surface area (Å²) in [6.45, 7) is 0.796. The van der Waals surface area contributed by atoms with Gasteiger partial charge in [0.1, 0.15) is 5.82 Å². The van der Waals surface area contributed by atoms with E-state index < -0.39 is 0 Å². The quantitative estimate of drug-likeness (QED) is 0.762. The molecule has 0 aromatic heterocycles. The number of rotatable bonds is 2. The fraction of sp³-hybridized carbons (Fsp3) is 0.500. The van der Waals surface area contributed by atoms with Crippen LogP contribution in [0.2, 0.25) is 0 Å². The van der Waals surface area contributed by atoms with Gasteiger partial charge in [-0.2, -0.15) is 0 Å². The van der Waals surface area contributed by atoms with E-state index in [1.165, 1.54) is 30.9 Å². The number of nitrogens with two attached hydrogens (primary N) is 1. The molecule has 0 radical (unpaired) electrons. The van der Waals surface area contributed by atoms with Crippen LogP contribution in [0.4, 0.5) is 4.39 Å². The van der Waals surface area contributed by atoms with Crippen LogP contribution in [-0.4, -0.2) is 6.54 Å². The summed E-state index contributed by atoms with van der Waals surface area (Å²) in [6, 6.07) is 7.04. The fourth-order valence-corrected chi connectivity index (χ4v) is 3.34. The molecule has 2 N–H and O–H groups in total. The van der Waals surface area contributed by atoms with E-state index in [1.54, 1.807) is 12.1 Å². The number of hydrogen-bond acceptors (Lipinski definition) is 1. The zero-order valence-corrected chi connectivity index (χ0v) is 8.09. The van der Waals surface area contributed by atoms with Gasteiger partial charge in [-0.15, -0.1) is 0 Å². The molecule has 3 saturated carbocycles. The lowest BCUT2D eigenvalue weighted by Crippen LogP contribution is -2.67. The second-order valence-corrected chi connectivity index (χ2v) is 5.03. The van der Waals surface area contributed by atoms with Crippen LogP contribution in [0.3, 0.4) is 0 Å². The van der Waals surface area contributed by atoms with Crippen molar-refractivity contribution in [1.29, 1.82) is 0 Å². The summed E-state index contributed by atoms with van der Waals surface area (Å²) in [7, 11) is 0. The first kappa shape index (κ1) is 8.42. The van der Waals surface area contributed by atoms with E-state index in [1.807, 2.05) is 6.07 Å². The van der Waals surface area contributed by atoms with Crippen molar-refractivity contribution >= 4 is 0 Å². The van der Waals surface area contributed by atoms with Gasteiger partial charge in [0.15, 0.2) is 0 Å². The second kappa shape index (κ2) is 2.37. The monoisotopic (exact) mass is 191 g/mol. The van der Waals surface area contributed by atoms with Gasteiger partial charge in [0, 0.05) is 0 Å². The van der Waals surface area contributed by atoms with E-state index in [9.17, 15) is 4.39 Å². The summed E-state index contributed by atoms with van der Waals surface area (Å²) >= 11 is 0. The van der Waals surface area contributed by atoms with Crippen LogP contribution in [0.15, 0.2) is 24.3 Å². The molecular formula is C12H14FN. The minimum Gasteiger partial charge on any atom is -0.330 e. The molecule has 2 bridgehead atoms. The van der Waals surface area contributed by atoms with Crippen molar-refractivity contribution in [3.63, 3.8) is 0 Å². The highest BCUT2D eigenvalue weighted by molar-refractivity contribution is 5.38. The molecule has 2 heteroatoms. The van der Waals surface area contributed by atoms with Crippen LogP contribution in [0.25, 0.3) is 0 Å². The molecule has 3 aliphatic carbocycles. The molecule has 4 rings (SSSR count). The van der Waals surface area contributed by atoms with Gasteiger partial charge < -0.3 is 5.73 Å². The first-order chi connectivity index (χ1) is 6.68. The zero-order chi connectivity index (χ0) is 9.81. The van der Waals surface area contributed by atoms with Crippen molar-refractivity contribution in [3.05, 3.63) is 35.6 Å². The fourth-order valence-electron chi connectivity index (χ4n) is 3.34. The molecule has 0 aliphatic heterocycles. The largest absolute Gasteiger partial charge is 0.330 e. The predicted octanol–water partition coefficient (Wildman–Crippen LogP) is 2.21. The van der Waals surface area contributed by atoms with E-state index in [2.05, 4.69) is 0 Å². The molecule has 0 spiro atoms. The number of benzene rings is 1. The number of halogens is 1. The van der Waals surface area contributed by atoms with E-state index >= 15 is 0 Å². The summed E-state index contributed by atoms with van der Waals surface area (Å²) in [4.78, 5) is 0. The average molecular weight is 191 g/mol. The normalized spacial score (nSPS) is 38.7. The van der Waals surface area contributed by atoms with Crippen molar-refractivity contribution in [3.8, 4) is 0 Å². The Hall–Kier alpha value is -0.890. The lowest BCUT2D eigenvalue weighted by Gasteiger charge is -2.71. The maximum atomic E-state index is 13.0. The molecule has 1 aromatic rings. The van der Waals surface area contributed by atoms with Crippen molar-refractivity contribution < 1.29 is 4.39 Å². The molecule has 74 valence electrons. The highest BCUT2D eigenvalue weighted by atomic mass is 19.1. The Morgan fingerprint density at radius 1 is 1.29 bits per heavy atom. The van der Waals surface area contributed by atoms with E-state index in [-0.39, 0.29) is 5.82 Å².